The molecule has 0 unspecified atom stereocenters. The van der Waals surface area contributed by atoms with Crippen LogP contribution in [-0.2, 0) is 13.9 Å². The summed E-state index contributed by atoms with van der Waals surface area (Å²) < 4.78 is 36.1. The largest absolute Gasteiger partial charge is 0.382 e. The maximum Gasteiger partial charge on any atom is 0.354 e. The minimum Gasteiger partial charge on any atom is -0.382 e. The van der Waals surface area contributed by atoms with Crippen LogP contribution in [0.25, 0.3) is 11.2 Å². The lowest BCUT2D eigenvalue weighted by Gasteiger charge is -2.15. The van der Waals surface area contributed by atoms with E-state index >= 15 is 0 Å². The molecule has 0 amide bonds. The Morgan fingerprint density at radius 2 is 2.35 bits per heavy atom. The van der Waals surface area contributed by atoms with Gasteiger partial charge in [-0.15, -0.1) is 0 Å². The highest BCUT2D eigenvalue weighted by atomic mass is 28.2. The van der Waals surface area contributed by atoms with Crippen LogP contribution in [0.15, 0.2) is 24.6 Å². The summed E-state index contributed by atoms with van der Waals surface area (Å²) >= 11 is 0. The van der Waals surface area contributed by atoms with Crippen molar-refractivity contribution in [1.82, 2.24) is 19.5 Å². The minimum absolute atomic E-state index is 0.0268. The van der Waals surface area contributed by atoms with Crippen molar-refractivity contribution in [2.75, 3.05) is 12.0 Å². The Morgan fingerprint density at radius 1 is 1.50 bits per heavy atom. The van der Waals surface area contributed by atoms with Gasteiger partial charge in [0.05, 0.1) is 12.6 Å². The molecule has 3 rings (SSSR count). The Hall–Kier alpha value is -2.04. The third-order valence-corrected chi connectivity index (χ3v) is 3.03. The van der Waals surface area contributed by atoms with Crippen LogP contribution in [0.1, 0.15) is 6.23 Å². The molecule has 0 aromatic carbocycles. The van der Waals surface area contributed by atoms with Crippen LogP contribution in [0.3, 0.4) is 0 Å². The van der Waals surface area contributed by atoms with E-state index in [0.29, 0.717) is 11.2 Å². The topological polar surface area (TPSA) is 105 Å². The standard InChI is InChI=1S/C10H9FN5O3Si/c11-5-1-6(18-4-20-17)19-10(5)16-3-15-7-8(12)13-2-14-9(7)16/h1-3,6,10H,4H2,(H2,12,13,14)/t6-,10+/m0/s1. The molecule has 3 heterocycles. The van der Waals surface area contributed by atoms with Crippen molar-refractivity contribution in [3.05, 3.63) is 24.6 Å². The van der Waals surface area contributed by atoms with Gasteiger partial charge in [0, 0.05) is 6.08 Å². The maximum absolute atomic E-state index is 13.9. The quantitative estimate of drug-likeness (QED) is 0.799. The number of anilines is 1. The number of rotatable bonds is 4. The van der Waals surface area contributed by atoms with Gasteiger partial charge in [0.2, 0.25) is 0 Å². The number of hydrogen-bond donors (Lipinski definition) is 1. The van der Waals surface area contributed by atoms with Gasteiger partial charge >= 0.3 is 9.41 Å². The van der Waals surface area contributed by atoms with Gasteiger partial charge in [-0.3, -0.25) is 4.57 Å². The second kappa shape index (κ2) is 5.15. The van der Waals surface area contributed by atoms with E-state index in [-0.39, 0.29) is 12.0 Å². The number of nitrogens with zero attached hydrogens (tertiary/aromatic N) is 4. The molecule has 0 spiro atoms. The van der Waals surface area contributed by atoms with E-state index in [2.05, 4.69) is 15.0 Å². The van der Waals surface area contributed by atoms with Crippen molar-refractivity contribution < 1.29 is 18.3 Å². The molecule has 0 saturated heterocycles. The third kappa shape index (κ3) is 2.13. The Labute approximate surface area is 114 Å². The van der Waals surface area contributed by atoms with Gasteiger partial charge in [0.1, 0.15) is 11.8 Å². The lowest BCUT2D eigenvalue weighted by atomic mass is 10.4. The van der Waals surface area contributed by atoms with Crippen LogP contribution >= 0.6 is 0 Å². The summed E-state index contributed by atoms with van der Waals surface area (Å²) in [5.41, 5.74) is 6.39. The third-order valence-electron chi connectivity index (χ3n) is 2.74. The first-order valence-electron chi connectivity index (χ1n) is 5.63. The summed E-state index contributed by atoms with van der Waals surface area (Å²) in [6.07, 6.45) is 1.85. The molecular weight excluding hydrogens is 285 g/mol. The zero-order valence-corrected chi connectivity index (χ0v) is 11.1. The Balaban J connectivity index is 1.91. The van der Waals surface area contributed by atoms with E-state index in [0.717, 1.165) is 0 Å². The van der Waals surface area contributed by atoms with Crippen molar-refractivity contribution in [1.29, 1.82) is 0 Å². The smallest absolute Gasteiger partial charge is 0.354 e. The predicted octanol–water partition coefficient (Wildman–Crippen LogP) is 0.141. The molecule has 20 heavy (non-hydrogen) atoms. The summed E-state index contributed by atoms with van der Waals surface area (Å²) in [5.74, 6) is -0.336. The van der Waals surface area contributed by atoms with E-state index < -0.39 is 27.8 Å². The van der Waals surface area contributed by atoms with E-state index in [1.165, 1.54) is 23.3 Å². The van der Waals surface area contributed by atoms with Gasteiger partial charge in [-0.2, -0.15) is 0 Å². The van der Waals surface area contributed by atoms with Crippen molar-refractivity contribution in [3.63, 3.8) is 0 Å². The highest BCUT2D eigenvalue weighted by Crippen LogP contribution is 2.32. The second-order valence-corrected chi connectivity index (χ2v) is 4.52. The molecule has 0 saturated carbocycles. The molecule has 1 aliphatic heterocycles. The van der Waals surface area contributed by atoms with E-state index in [9.17, 15) is 8.85 Å². The van der Waals surface area contributed by atoms with Gasteiger partial charge < -0.3 is 19.7 Å². The van der Waals surface area contributed by atoms with Crippen LogP contribution < -0.4 is 5.73 Å². The van der Waals surface area contributed by atoms with Crippen molar-refractivity contribution in [3.8, 4) is 0 Å². The molecular formula is C10H9FN5O3Si. The van der Waals surface area contributed by atoms with Crippen molar-refractivity contribution in [2.24, 2.45) is 0 Å². The SMILES string of the molecule is Nc1ncnc2c1ncn2[C@@H]1O[C@H](OC[Si]=O)C=C1F. The average Bonchev–Trinajstić information content (AvgIpc) is 3.01. The molecule has 0 fully saturated rings. The van der Waals surface area contributed by atoms with E-state index in [1.54, 1.807) is 0 Å². The summed E-state index contributed by atoms with van der Waals surface area (Å²) in [6, 6.07) is 0. The molecule has 10 heteroatoms. The van der Waals surface area contributed by atoms with Crippen LogP contribution in [0, 0.1) is 0 Å². The van der Waals surface area contributed by atoms with Crippen LogP contribution in [-0.4, -0.2) is 41.4 Å². The van der Waals surface area contributed by atoms with E-state index in [1.807, 2.05) is 0 Å². The zero-order chi connectivity index (χ0) is 14.1. The van der Waals surface area contributed by atoms with Crippen LogP contribution in [0.5, 0.6) is 0 Å². The lowest BCUT2D eigenvalue weighted by molar-refractivity contribution is -0.128. The van der Waals surface area contributed by atoms with E-state index in [4.69, 9.17) is 15.2 Å². The van der Waals surface area contributed by atoms with Crippen LogP contribution in [0.4, 0.5) is 10.2 Å². The summed E-state index contributed by atoms with van der Waals surface area (Å²) in [6.45, 7) is 0. The molecule has 2 N–H and O–H groups in total. The first-order valence-corrected chi connectivity index (χ1v) is 6.74. The fourth-order valence-electron chi connectivity index (χ4n) is 1.89. The first-order chi connectivity index (χ1) is 9.70. The zero-order valence-electron chi connectivity index (χ0n) is 10.1. The number of aromatic nitrogens is 4. The molecule has 1 aliphatic rings. The van der Waals surface area contributed by atoms with Crippen molar-refractivity contribution in [2.45, 2.75) is 12.5 Å². The predicted molar refractivity (Wildman–Crippen MR) is 65.2 cm³/mol. The monoisotopic (exact) mass is 294 g/mol. The number of halogens is 1. The fraction of sp³-hybridized carbons (Fsp3) is 0.300. The van der Waals surface area contributed by atoms with Gasteiger partial charge in [-0.05, 0) is 0 Å². The van der Waals surface area contributed by atoms with Crippen LogP contribution in [0.2, 0.25) is 0 Å². The Kier molecular flexibility index (Phi) is 3.34. The van der Waals surface area contributed by atoms with Gasteiger partial charge in [0.15, 0.2) is 29.8 Å². The Bertz CT molecular complexity index is 691. The number of fused-ring (bicyclic) bond motifs is 1. The molecule has 0 aliphatic carbocycles. The summed E-state index contributed by atoms with van der Waals surface area (Å²) in [4.78, 5) is 11.9. The Morgan fingerprint density at radius 3 is 3.15 bits per heavy atom. The summed E-state index contributed by atoms with van der Waals surface area (Å²) in [5, 5.41) is 0. The maximum atomic E-state index is 13.9. The normalized spacial score (nSPS) is 22.1. The molecule has 103 valence electrons. The molecule has 8 nitrogen and oxygen atoms in total. The lowest BCUT2D eigenvalue weighted by Crippen LogP contribution is -2.17. The molecule has 2 aromatic heterocycles. The minimum atomic E-state index is -1.03. The fourth-order valence-corrected chi connectivity index (χ4v) is 2.12. The molecule has 1 radical (unpaired) electrons. The van der Waals surface area contributed by atoms with Gasteiger partial charge in [-0.25, -0.2) is 19.3 Å². The first kappa shape index (κ1) is 13.0. The molecule has 2 aromatic rings. The van der Waals surface area contributed by atoms with Gasteiger partial charge in [-0.1, -0.05) is 0 Å². The highest BCUT2D eigenvalue weighted by molar-refractivity contribution is 6.16. The number of hydrogen-bond acceptors (Lipinski definition) is 7. The number of imidazole rings is 1. The van der Waals surface area contributed by atoms with Crippen molar-refractivity contribution >= 4 is 26.4 Å². The molecule has 2 atom stereocenters. The number of nitrogen functional groups attached to an aromatic ring is 1. The number of nitrogens with two attached hydrogens (primary N) is 1. The number of ether oxygens (including phenoxy) is 2. The molecule has 0 bridgehead atoms. The van der Waals surface area contributed by atoms with Gasteiger partial charge in [0.25, 0.3) is 0 Å². The highest BCUT2D eigenvalue weighted by Gasteiger charge is 2.31. The second-order valence-electron chi connectivity index (χ2n) is 3.95. The summed E-state index contributed by atoms with van der Waals surface area (Å²) in [7, 11) is -0.636. The average molecular weight is 294 g/mol.